The number of nitro groups is 1. The molecule has 1 aliphatic carbocycles. The zero-order valence-electron chi connectivity index (χ0n) is 11.7. The van der Waals surface area contributed by atoms with Gasteiger partial charge in [0.1, 0.15) is 0 Å². The van der Waals surface area contributed by atoms with E-state index in [0.717, 1.165) is 18.9 Å². The third kappa shape index (κ3) is 3.68. The number of methoxy groups -OCH3 is 1. The van der Waals surface area contributed by atoms with E-state index in [9.17, 15) is 19.3 Å². The number of ether oxygens (including phenoxy) is 1. The smallest absolute Gasteiger partial charge is 0.308 e. The first-order valence-corrected chi connectivity index (χ1v) is 6.79. The lowest BCUT2D eigenvalue weighted by Gasteiger charge is -2.28. The quantitative estimate of drug-likeness (QED) is 0.525. The van der Waals surface area contributed by atoms with E-state index in [1.807, 2.05) is 0 Å². The summed E-state index contributed by atoms with van der Waals surface area (Å²) in [6.45, 7) is 0. The number of hydrogen-bond donors (Lipinski definition) is 1. The van der Waals surface area contributed by atoms with Crippen molar-refractivity contribution < 1.29 is 18.8 Å². The van der Waals surface area contributed by atoms with Gasteiger partial charge in [0.25, 0.3) is 5.69 Å². The molecule has 0 heterocycles. The molecule has 0 spiro atoms. The number of benzene rings is 1. The predicted octanol–water partition coefficient (Wildman–Crippen LogP) is 2.88. The molecule has 0 bridgehead atoms. The molecular formula is C14H17FN2O4. The van der Waals surface area contributed by atoms with Crippen molar-refractivity contribution in [3.63, 3.8) is 0 Å². The van der Waals surface area contributed by atoms with Crippen LogP contribution in [0.5, 0.6) is 0 Å². The first-order valence-electron chi connectivity index (χ1n) is 6.79. The molecule has 1 fully saturated rings. The van der Waals surface area contributed by atoms with Crippen molar-refractivity contribution >= 4 is 17.3 Å². The Morgan fingerprint density at radius 3 is 2.57 bits per heavy atom. The lowest BCUT2D eigenvalue weighted by atomic mass is 9.86. The van der Waals surface area contributed by atoms with Crippen molar-refractivity contribution in [2.75, 3.05) is 12.4 Å². The molecule has 1 aliphatic rings. The molecule has 1 aromatic carbocycles. The van der Waals surface area contributed by atoms with Crippen LogP contribution in [0.3, 0.4) is 0 Å². The lowest BCUT2D eigenvalue weighted by Crippen LogP contribution is -2.30. The Labute approximate surface area is 121 Å². The minimum absolute atomic E-state index is 0.0573. The molecule has 0 unspecified atom stereocenters. The number of hydrogen-bond acceptors (Lipinski definition) is 5. The monoisotopic (exact) mass is 296 g/mol. The van der Waals surface area contributed by atoms with E-state index >= 15 is 0 Å². The second-order valence-electron chi connectivity index (χ2n) is 5.14. The molecule has 0 saturated heterocycles. The summed E-state index contributed by atoms with van der Waals surface area (Å²) in [6.07, 6.45) is 2.85. The third-order valence-electron chi connectivity index (χ3n) is 3.78. The van der Waals surface area contributed by atoms with Gasteiger partial charge in [0.15, 0.2) is 5.82 Å². The Hall–Kier alpha value is -2.18. The van der Waals surface area contributed by atoms with Crippen LogP contribution in [0.4, 0.5) is 15.8 Å². The summed E-state index contributed by atoms with van der Waals surface area (Å²) in [7, 11) is 1.37. The zero-order chi connectivity index (χ0) is 15.4. The number of esters is 1. The van der Waals surface area contributed by atoms with Crippen LogP contribution >= 0.6 is 0 Å². The van der Waals surface area contributed by atoms with E-state index in [2.05, 4.69) is 5.32 Å². The highest BCUT2D eigenvalue weighted by atomic mass is 19.1. The van der Waals surface area contributed by atoms with Crippen molar-refractivity contribution in [1.29, 1.82) is 0 Å². The van der Waals surface area contributed by atoms with Crippen LogP contribution in [0.2, 0.25) is 0 Å². The summed E-state index contributed by atoms with van der Waals surface area (Å²) in [5.74, 6) is -0.927. The lowest BCUT2D eigenvalue weighted by molar-refractivity contribution is -0.385. The van der Waals surface area contributed by atoms with Gasteiger partial charge < -0.3 is 10.1 Å². The van der Waals surface area contributed by atoms with Crippen molar-refractivity contribution in [2.45, 2.75) is 31.7 Å². The molecule has 7 heteroatoms. The Bertz CT molecular complexity index is 542. The molecule has 6 nitrogen and oxygen atoms in total. The largest absolute Gasteiger partial charge is 0.469 e. The number of nitrogens with zero attached hydrogens (tertiary/aromatic N) is 1. The fourth-order valence-corrected chi connectivity index (χ4v) is 2.59. The summed E-state index contributed by atoms with van der Waals surface area (Å²) in [5.41, 5.74) is -0.0189. The van der Waals surface area contributed by atoms with Crippen molar-refractivity contribution in [2.24, 2.45) is 5.92 Å². The second kappa shape index (κ2) is 6.51. The fourth-order valence-electron chi connectivity index (χ4n) is 2.59. The maximum absolute atomic E-state index is 13.8. The average molecular weight is 296 g/mol. The van der Waals surface area contributed by atoms with E-state index in [0.29, 0.717) is 12.8 Å². The summed E-state index contributed by atoms with van der Waals surface area (Å²) < 4.78 is 18.5. The highest BCUT2D eigenvalue weighted by Crippen LogP contribution is 2.29. The summed E-state index contributed by atoms with van der Waals surface area (Å²) >= 11 is 0. The SMILES string of the molecule is COC(=O)C1CCC(Nc2ccc([N+](=O)[O-])cc2F)CC1. The van der Waals surface area contributed by atoms with E-state index in [4.69, 9.17) is 4.74 Å². The van der Waals surface area contributed by atoms with Crippen LogP contribution in [0.1, 0.15) is 25.7 Å². The number of non-ortho nitro benzene ring substituents is 1. The third-order valence-corrected chi connectivity index (χ3v) is 3.78. The fraction of sp³-hybridized carbons (Fsp3) is 0.500. The highest BCUT2D eigenvalue weighted by molar-refractivity contribution is 5.72. The molecule has 2 rings (SSSR count). The van der Waals surface area contributed by atoms with Gasteiger partial charge in [-0.05, 0) is 31.7 Å². The normalized spacial score (nSPS) is 21.6. The standard InChI is InChI=1S/C14H17FN2O4/c1-21-14(18)9-2-4-10(5-3-9)16-13-7-6-11(17(19)20)8-12(13)15/h6-10,16H,2-5H2,1H3. The van der Waals surface area contributed by atoms with Crippen LogP contribution in [0.25, 0.3) is 0 Å². The minimum Gasteiger partial charge on any atom is -0.469 e. The van der Waals surface area contributed by atoms with Gasteiger partial charge in [0.2, 0.25) is 0 Å². The highest BCUT2D eigenvalue weighted by Gasteiger charge is 2.27. The average Bonchev–Trinajstić information content (AvgIpc) is 2.49. The first kappa shape index (κ1) is 15.2. The number of anilines is 1. The Morgan fingerprint density at radius 2 is 2.05 bits per heavy atom. The van der Waals surface area contributed by atoms with Gasteiger partial charge in [-0.1, -0.05) is 0 Å². The first-order chi connectivity index (χ1) is 10.0. The molecule has 21 heavy (non-hydrogen) atoms. The van der Waals surface area contributed by atoms with Gasteiger partial charge in [-0.25, -0.2) is 4.39 Å². The number of carbonyl (C=O) groups is 1. The Balaban J connectivity index is 1.95. The van der Waals surface area contributed by atoms with Crippen LogP contribution < -0.4 is 5.32 Å². The summed E-state index contributed by atoms with van der Waals surface area (Å²) in [5, 5.41) is 13.6. The molecule has 0 aliphatic heterocycles. The maximum Gasteiger partial charge on any atom is 0.308 e. The van der Waals surface area contributed by atoms with E-state index in [-0.39, 0.29) is 29.3 Å². The van der Waals surface area contributed by atoms with Crippen molar-refractivity contribution in [3.8, 4) is 0 Å². The van der Waals surface area contributed by atoms with E-state index in [1.54, 1.807) is 0 Å². The molecule has 0 atom stereocenters. The number of nitro benzene ring substituents is 1. The van der Waals surface area contributed by atoms with Gasteiger partial charge >= 0.3 is 5.97 Å². The maximum atomic E-state index is 13.8. The number of rotatable bonds is 4. The molecule has 114 valence electrons. The molecular weight excluding hydrogens is 279 g/mol. The van der Waals surface area contributed by atoms with Gasteiger partial charge in [0, 0.05) is 12.1 Å². The molecule has 1 saturated carbocycles. The Morgan fingerprint density at radius 1 is 1.38 bits per heavy atom. The summed E-state index contributed by atoms with van der Waals surface area (Å²) in [4.78, 5) is 21.3. The van der Waals surface area contributed by atoms with Crippen LogP contribution in [-0.4, -0.2) is 24.0 Å². The van der Waals surface area contributed by atoms with Gasteiger partial charge in [-0.15, -0.1) is 0 Å². The van der Waals surface area contributed by atoms with Crippen molar-refractivity contribution in [3.05, 3.63) is 34.1 Å². The molecule has 0 aromatic heterocycles. The minimum atomic E-state index is -0.640. The van der Waals surface area contributed by atoms with Crippen LogP contribution in [-0.2, 0) is 9.53 Å². The van der Waals surface area contributed by atoms with Crippen LogP contribution in [0.15, 0.2) is 18.2 Å². The van der Waals surface area contributed by atoms with Gasteiger partial charge in [-0.3, -0.25) is 14.9 Å². The second-order valence-corrected chi connectivity index (χ2v) is 5.14. The number of carbonyl (C=O) groups excluding carboxylic acids is 1. The predicted molar refractivity (Wildman–Crippen MR) is 74.4 cm³/mol. The van der Waals surface area contributed by atoms with E-state index in [1.165, 1.54) is 19.2 Å². The number of nitrogens with one attached hydrogen (secondary N) is 1. The molecule has 1 aromatic rings. The number of halogens is 1. The van der Waals surface area contributed by atoms with Crippen molar-refractivity contribution in [1.82, 2.24) is 0 Å². The Kier molecular flexibility index (Phi) is 4.72. The summed E-state index contributed by atoms with van der Waals surface area (Å²) in [6, 6.07) is 3.61. The van der Waals surface area contributed by atoms with Crippen LogP contribution in [0, 0.1) is 21.8 Å². The van der Waals surface area contributed by atoms with Gasteiger partial charge in [-0.2, -0.15) is 0 Å². The van der Waals surface area contributed by atoms with E-state index < -0.39 is 10.7 Å². The zero-order valence-corrected chi connectivity index (χ0v) is 11.7. The van der Waals surface area contributed by atoms with Gasteiger partial charge in [0.05, 0.1) is 29.7 Å². The topological polar surface area (TPSA) is 81.5 Å². The molecule has 0 radical (unpaired) electrons. The molecule has 1 N–H and O–H groups in total. The molecule has 0 amide bonds.